The van der Waals surface area contributed by atoms with Crippen LogP contribution in [0.1, 0.15) is 54.9 Å². The Morgan fingerprint density at radius 2 is 1.92 bits per heavy atom. The van der Waals surface area contributed by atoms with Crippen LogP contribution in [0.5, 0.6) is 0 Å². The minimum absolute atomic E-state index is 0.122. The van der Waals surface area contributed by atoms with E-state index in [9.17, 15) is 9.59 Å². The summed E-state index contributed by atoms with van der Waals surface area (Å²) >= 11 is 0. The number of hydrogen-bond donors (Lipinski definition) is 3. The molecule has 2 fully saturated rings. The first-order valence-corrected chi connectivity index (χ1v) is 9.03. The van der Waals surface area contributed by atoms with Crippen LogP contribution >= 0.6 is 0 Å². The number of amides is 2. The molecular formula is C19H26N2O4. The monoisotopic (exact) mass is 346 g/mol. The summed E-state index contributed by atoms with van der Waals surface area (Å²) in [6.07, 6.45) is 5.82. The number of urea groups is 1. The van der Waals surface area contributed by atoms with Crippen molar-refractivity contribution in [1.82, 2.24) is 10.6 Å². The number of nitrogens with one attached hydrogen (secondary N) is 2. The fourth-order valence-corrected chi connectivity index (χ4v) is 4.25. The van der Waals surface area contributed by atoms with Crippen LogP contribution in [-0.2, 0) is 11.3 Å². The first kappa shape index (κ1) is 17.7. The summed E-state index contributed by atoms with van der Waals surface area (Å²) in [4.78, 5) is 23.1. The predicted molar refractivity (Wildman–Crippen MR) is 93.5 cm³/mol. The van der Waals surface area contributed by atoms with Gasteiger partial charge in [-0.15, -0.1) is 0 Å². The van der Waals surface area contributed by atoms with E-state index in [4.69, 9.17) is 9.84 Å². The van der Waals surface area contributed by atoms with Crippen LogP contribution in [0.25, 0.3) is 0 Å². The molecule has 0 aliphatic heterocycles. The molecule has 1 spiro atoms. The van der Waals surface area contributed by atoms with E-state index < -0.39 is 5.97 Å². The maximum absolute atomic E-state index is 12.2. The Bertz CT molecular complexity index is 623. The summed E-state index contributed by atoms with van der Waals surface area (Å²) in [7, 11) is 0. The number of carboxylic acids is 1. The van der Waals surface area contributed by atoms with Gasteiger partial charge in [-0.25, -0.2) is 9.59 Å². The standard InChI is InChI=1S/C19H26N2O4/c1-2-25-16-11-15(19(16)9-3-4-10-19)21-18(24)20-12-13-5-7-14(8-6-13)17(22)23/h5-8,15-16H,2-4,9-12H2,1H3,(H,22,23)(H2,20,21,24). The summed E-state index contributed by atoms with van der Waals surface area (Å²) in [6.45, 7) is 3.11. The molecule has 0 saturated heterocycles. The minimum atomic E-state index is -0.951. The van der Waals surface area contributed by atoms with E-state index in [-0.39, 0.29) is 29.2 Å². The lowest BCUT2D eigenvalue weighted by atomic mass is 9.60. The van der Waals surface area contributed by atoms with E-state index in [0.29, 0.717) is 6.54 Å². The van der Waals surface area contributed by atoms with Crippen molar-refractivity contribution in [2.75, 3.05) is 6.61 Å². The van der Waals surface area contributed by atoms with Gasteiger partial charge in [-0.2, -0.15) is 0 Å². The average molecular weight is 346 g/mol. The zero-order valence-corrected chi connectivity index (χ0v) is 14.6. The van der Waals surface area contributed by atoms with E-state index in [1.54, 1.807) is 24.3 Å². The van der Waals surface area contributed by atoms with Crippen molar-refractivity contribution in [1.29, 1.82) is 0 Å². The summed E-state index contributed by atoms with van der Waals surface area (Å²) in [5.41, 5.74) is 1.24. The quantitative estimate of drug-likeness (QED) is 0.739. The number of benzene rings is 1. The molecule has 0 radical (unpaired) electrons. The first-order chi connectivity index (χ1) is 12.0. The molecule has 2 unspecified atom stereocenters. The lowest BCUT2D eigenvalue weighted by molar-refractivity contribution is -0.126. The second kappa shape index (κ2) is 7.44. The summed E-state index contributed by atoms with van der Waals surface area (Å²) < 4.78 is 5.87. The lowest BCUT2D eigenvalue weighted by Gasteiger charge is -2.53. The fourth-order valence-electron chi connectivity index (χ4n) is 4.25. The zero-order valence-electron chi connectivity index (χ0n) is 14.6. The first-order valence-electron chi connectivity index (χ1n) is 9.03. The predicted octanol–water partition coefficient (Wildman–Crippen LogP) is 2.92. The van der Waals surface area contributed by atoms with Crippen LogP contribution in [0.15, 0.2) is 24.3 Å². The van der Waals surface area contributed by atoms with E-state index >= 15 is 0 Å². The number of carboxylic acid groups (broad SMARTS) is 1. The topological polar surface area (TPSA) is 87.7 Å². The molecule has 2 atom stereocenters. The van der Waals surface area contributed by atoms with E-state index in [2.05, 4.69) is 10.6 Å². The summed E-state index contributed by atoms with van der Waals surface area (Å²) in [5, 5.41) is 14.9. The van der Waals surface area contributed by atoms with Crippen molar-refractivity contribution in [3.8, 4) is 0 Å². The molecule has 0 heterocycles. The largest absolute Gasteiger partial charge is 0.478 e. The Hall–Kier alpha value is -2.08. The Labute approximate surface area is 147 Å². The van der Waals surface area contributed by atoms with Crippen molar-refractivity contribution in [2.24, 2.45) is 5.41 Å². The van der Waals surface area contributed by atoms with Gasteiger partial charge >= 0.3 is 12.0 Å². The highest BCUT2D eigenvalue weighted by atomic mass is 16.5. The highest BCUT2D eigenvalue weighted by Gasteiger charge is 2.57. The van der Waals surface area contributed by atoms with Gasteiger partial charge in [-0.05, 0) is 43.9 Å². The highest BCUT2D eigenvalue weighted by molar-refractivity contribution is 5.87. The Morgan fingerprint density at radius 1 is 1.24 bits per heavy atom. The smallest absolute Gasteiger partial charge is 0.335 e. The third-order valence-corrected chi connectivity index (χ3v) is 5.65. The molecule has 2 aliphatic rings. The van der Waals surface area contributed by atoms with E-state index in [1.807, 2.05) is 6.92 Å². The van der Waals surface area contributed by atoms with Gasteiger partial charge in [0, 0.05) is 24.6 Å². The maximum Gasteiger partial charge on any atom is 0.335 e. The van der Waals surface area contributed by atoms with Crippen LogP contribution in [0.3, 0.4) is 0 Å². The van der Waals surface area contributed by atoms with Crippen molar-refractivity contribution in [3.63, 3.8) is 0 Å². The van der Waals surface area contributed by atoms with Crippen LogP contribution in [-0.4, -0.2) is 35.9 Å². The third-order valence-electron chi connectivity index (χ3n) is 5.65. The highest BCUT2D eigenvalue weighted by Crippen LogP contribution is 2.54. The summed E-state index contributed by atoms with van der Waals surface area (Å²) in [6, 6.07) is 6.54. The Balaban J connectivity index is 1.50. The molecule has 6 heteroatoms. The number of rotatable bonds is 6. The molecule has 0 bridgehead atoms. The fraction of sp³-hybridized carbons (Fsp3) is 0.579. The molecule has 2 aliphatic carbocycles. The van der Waals surface area contributed by atoms with Crippen molar-refractivity contribution >= 4 is 12.0 Å². The van der Waals surface area contributed by atoms with Crippen molar-refractivity contribution < 1.29 is 19.4 Å². The van der Waals surface area contributed by atoms with Crippen molar-refractivity contribution in [2.45, 2.75) is 57.7 Å². The number of carbonyl (C=O) groups excluding carboxylic acids is 1. The van der Waals surface area contributed by atoms with Gasteiger partial charge in [0.2, 0.25) is 0 Å². The molecule has 1 aromatic carbocycles. The minimum Gasteiger partial charge on any atom is -0.478 e. The molecule has 2 saturated carbocycles. The Kier molecular flexibility index (Phi) is 5.27. The van der Waals surface area contributed by atoms with E-state index in [1.165, 1.54) is 12.8 Å². The van der Waals surface area contributed by atoms with Gasteiger partial charge in [-0.1, -0.05) is 25.0 Å². The van der Waals surface area contributed by atoms with Gasteiger partial charge < -0.3 is 20.5 Å². The van der Waals surface area contributed by atoms with E-state index in [0.717, 1.165) is 31.4 Å². The van der Waals surface area contributed by atoms with Gasteiger partial charge in [0.15, 0.2) is 0 Å². The normalized spacial score (nSPS) is 23.9. The number of hydrogen-bond acceptors (Lipinski definition) is 3. The molecule has 3 N–H and O–H groups in total. The molecule has 136 valence electrons. The van der Waals surface area contributed by atoms with Crippen molar-refractivity contribution in [3.05, 3.63) is 35.4 Å². The Morgan fingerprint density at radius 3 is 2.52 bits per heavy atom. The van der Waals surface area contributed by atoms with Gasteiger partial charge in [0.25, 0.3) is 0 Å². The zero-order chi connectivity index (χ0) is 17.9. The second-order valence-corrected chi connectivity index (χ2v) is 7.00. The maximum atomic E-state index is 12.2. The van der Waals surface area contributed by atoms with Crippen LogP contribution in [0, 0.1) is 5.41 Å². The van der Waals surface area contributed by atoms with Crippen LogP contribution in [0.4, 0.5) is 4.79 Å². The van der Waals surface area contributed by atoms with Crippen LogP contribution in [0.2, 0.25) is 0 Å². The van der Waals surface area contributed by atoms with Crippen LogP contribution < -0.4 is 10.6 Å². The SMILES string of the molecule is CCOC1CC(NC(=O)NCc2ccc(C(=O)O)cc2)C12CCCC2. The lowest BCUT2D eigenvalue weighted by Crippen LogP contribution is -2.64. The van der Waals surface area contributed by atoms with Gasteiger partial charge in [-0.3, -0.25) is 0 Å². The molecule has 6 nitrogen and oxygen atoms in total. The molecule has 3 rings (SSSR count). The number of carbonyl (C=O) groups is 2. The molecular weight excluding hydrogens is 320 g/mol. The number of ether oxygens (including phenoxy) is 1. The third kappa shape index (κ3) is 3.63. The molecule has 2 amide bonds. The second-order valence-electron chi connectivity index (χ2n) is 7.00. The molecule has 0 aromatic heterocycles. The van der Waals surface area contributed by atoms with Gasteiger partial charge in [0.05, 0.1) is 11.7 Å². The van der Waals surface area contributed by atoms with Gasteiger partial charge in [0.1, 0.15) is 0 Å². The summed E-state index contributed by atoms with van der Waals surface area (Å²) in [5.74, 6) is -0.951. The average Bonchev–Trinajstić information content (AvgIpc) is 3.12. The molecule has 25 heavy (non-hydrogen) atoms. The molecule has 1 aromatic rings. The number of aromatic carboxylic acids is 1.